The Morgan fingerprint density at radius 2 is 1.25 bits per heavy atom. The molecular formula is C69H93Cl2N17O17S2. The molecule has 1 aliphatic carbocycles. The summed E-state index contributed by atoms with van der Waals surface area (Å²) in [6, 6.07) is 2.20. The summed E-state index contributed by atoms with van der Waals surface area (Å²) in [5, 5.41) is 56.3. The molecule has 0 unspecified atom stereocenters. The van der Waals surface area contributed by atoms with Crippen LogP contribution in [0.2, 0.25) is 10.0 Å². The van der Waals surface area contributed by atoms with Gasteiger partial charge in [0.2, 0.25) is 70.9 Å². The molecule has 2 aliphatic rings. The number of carbonyl (C=O) groups is 14. The van der Waals surface area contributed by atoms with Crippen molar-refractivity contribution in [2.75, 3.05) is 37.7 Å². The van der Waals surface area contributed by atoms with E-state index in [0.29, 0.717) is 34.9 Å². The van der Waals surface area contributed by atoms with Crippen LogP contribution in [0.1, 0.15) is 108 Å². The minimum absolute atomic E-state index is 0.00260. The quantitative estimate of drug-likeness (QED) is 0.0163. The Morgan fingerprint density at radius 1 is 0.664 bits per heavy atom. The summed E-state index contributed by atoms with van der Waals surface area (Å²) in [6.45, 7) is 2.12. The third kappa shape index (κ3) is 28.1. The van der Waals surface area contributed by atoms with E-state index in [4.69, 9.17) is 46.1 Å². The van der Waals surface area contributed by atoms with Gasteiger partial charge in [-0.05, 0) is 85.4 Å². The first kappa shape index (κ1) is 86.0. The van der Waals surface area contributed by atoms with Gasteiger partial charge < -0.3 is 101 Å². The van der Waals surface area contributed by atoms with Crippen LogP contribution in [0.25, 0.3) is 10.9 Å². The van der Waals surface area contributed by atoms with Gasteiger partial charge in [-0.15, -0.1) is 0 Å². The number of rotatable bonds is 26. The number of carboxylic acid groups (broad SMARTS) is 2. The average molecular weight is 1570 g/mol. The zero-order valence-electron chi connectivity index (χ0n) is 59.0. The summed E-state index contributed by atoms with van der Waals surface area (Å²) in [5.41, 5.74) is 24.5. The van der Waals surface area contributed by atoms with Crippen LogP contribution in [-0.2, 0) is 86.4 Å². The summed E-state index contributed by atoms with van der Waals surface area (Å²) in [5.74, 6) is -16.2. The number of fused-ring (bicyclic) bond motifs is 1. The molecule has 38 heteroatoms. The molecule has 4 aromatic rings. The number of para-hydroxylation sites is 1. The normalized spacial score (nSPS) is 21.3. The molecular weight excluding hydrogens is 1470 g/mol. The molecule has 0 spiro atoms. The molecule has 9 atom stereocenters. The molecule has 6 rings (SSSR count). The van der Waals surface area contributed by atoms with Gasteiger partial charge in [0, 0.05) is 99.2 Å². The molecule has 107 heavy (non-hydrogen) atoms. The van der Waals surface area contributed by atoms with Crippen molar-refractivity contribution >= 4 is 144 Å². The molecule has 1 saturated carbocycles. The zero-order valence-corrected chi connectivity index (χ0v) is 62.1. The van der Waals surface area contributed by atoms with Crippen molar-refractivity contribution in [2.24, 2.45) is 33.8 Å². The van der Waals surface area contributed by atoms with Crippen molar-refractivity contribution in [3.8, 4) is 5.75 Å². The van der Waals surface area contributed by atoms with Crippen molar-refractivity contribution in [3.63, 3.8) is 0 Å². The number of carboxylic acids is 2. The van der Waals surface area contributed by atoms with Gasteiger partial charge in [0.15, 0.2) is 5.96 Å². The van der Waals surface area contributed by atoms with E-state index in [0.717, 1.165) is 34.4 Å². The number of aliphatic carboxylic acids is 2. The minimum atomic E-state index is -1.77. The first-order chi connectivity index (χ1) is 50.9. The molecule has 582 valence electrons. The van der Waals surface area contributed by atoms with Crippen LogP contribution in [0, 0.1) is 5.92 Å². The lowest BCUT2D eigenvalue weighted by Gasteiger charge is -2.30. The fourth-order valence-electron chi connectivity index (χ4n) is 11.8. The number of hydrogen-bond donors (Lipinski definition) is 18. The maximum atomic E-state index is 15.1. The number of aromatic amines is 1. The van der Waals surface area contributed by atoms with E-state index in [1.165, 1.54) is 47.4 Å². The Hall–Kier alpha value is -9.91. The SMILES string of the molecule is CC(C)[C@@H]1NC(=O)[C@@H](NC(=O)[C@H](Cc2ccc(O)cc2)NC(=O)CN(C(=O)CCN)C2CCCC2)CSSC[C@H](C(N)=O)NC(=O)[C@H](CCC(=O)O)NC(=O)[C@H](Cc2c[nH]c3ccccc23)NC(=O)[C@H](CCC(=O)O)NC(=O)CCNC(=O)[C@H](CCCN=C(N)N)NC(=O)[C@H](Cc2cccc(Cl)c2Cl)NC1=O. The lowest BCUT2D eigenvalue weighted by Crippen LogP contribution is -2.61. The Morgan fingerprint density at radius 3 is 1.88 bits per heavy atom. The van der Waals surface area contributed by atoms with Crippen molar-refractivity contribution in [3.05, 3.63) is 99.7 Å². The number of carbonyl (C=O) groups excluding carboxylic acids is 12. The minimum Gasteiger partial charge on any atom is -0.508 e. The average Bonchev–Trinajstić information content (AvgIpc) is 1.75. The maximum Gasteiger partial charge on any atom is 0.303 e. The van der Waals surface area contributed by atoms with Crippen LogP contribution in [0.15, 0.2) is 77.9 Å². The fourth-order valence-corrected chi connectivity index (χ4v) is 14.5. The van der Waals surface area contributed by atoms with Crippen molar-refractivity contribution in [2.45, 2.75) is 171 Å². The molecule has 1 saturated heterocycles. The van der Waals surface area contributed by atoms with E-state index in [-0.39, 0.29) is 90.9 Å². The van der Waals surface area contributed by atoms with Crippen molar-refractivity contribution in [1.82, 2.24) is 63.1 Å². The Kier molecular flexibility index (Phi) is 34.6. The molecule has 34 nitrogen and oxygen atoms in total. The number of primary amides is 1. The van der Waals surface area contributed by atoms with Gasteiger partial charge in [-0.3, -0.25) is 72.1 Å². The van der Waals surface area contributed by atoms with Gasteiger partial charge >= 0.3 is 11.9 Å². The highest BCUT2D eigenvalue weighted by Gasteiger charge is 2.38. The Labute approximate surface area is 634 Å². The topological polar surface area (TPSA) is 555 Å². The molecule has 0 bridgehead atoms. The van der Waals surface area contributed by atoms with Crippen LogP contribution in [0.5, 0.6) is 5.75 Å². The van der Waals surface area contributed by atoms with Crippen LogP contribution in [0.3, 0.4) is 0 Å². The monoisotopic (exact) mass is 1570 g/mol. The number of phenols is 1. The predicted molar refractivity (Wildman–Crippen MR) is 399 cm³/mol. The standard InChI is InChI=1S/C69H93Cl2N17O17S2/c1-36(2)59-68(105)84-49(30-38-9-7-13-43(70)58(38)71)65(102)81-45(15-8-27-77-69(74)75)61(98)76-28-25-53(90)79-46(20-22-56(93)94)62(99)83-50(31-39-32-78-44-14-6-5-12-42(39)44)66(103)82-47(21-23-57(95)96)63(100)85-51(60(73)97)34-106-107-35-52(67(104)87-59)86-64(101)48(29-37-16-18-41(89)19-17-37)80-54(91)33-88(55(92)24-26-72)40-10-3-4-11-40/h5-7,9,12-14,16-19,32,36,40,45-52,59,78,89H,3-4,8,10-11,15,20-31,33-35,72H2,1-2H3,(H2,73,97)(H,76,98)(H,79,90)(H,80,91)(H,81,102)(H,82,103)(H,83,99)(H,84,105)(H,85,100)(H,86,101)(H,87,104)(H,93,94)(H,95,96)(H4,74,75,77)/t45-,46-,47-,48-,49-,50-,51+,52-,59-/m0/s1. The second-order valence-electron chi connectivity index (χ2n) is 26.0. The smallest absolute Gasteiger partial charge is 0.303 e. The number of aromatic nitrogens is 1. The predicted octanol–water partition coefficient (Wildman–Crippen LogP) is -0.483. The van der Waals surface area contributed by atoms with E-state index in [9.17, 15) is 77.6 Å². The van der Waals surface area contributed by atoms with Gasteiger partial charge in [-0.25, -0.2) is 0 Å². The third-order valence-corrected chi connectivity index (χ3v) is 20.8. The van der Waals surface area contributed by atoms with E-state index in [1.807, 2.05) is 0 Å². The van der Waals surface area contributed by atoms with Crippen molar-refractivity contribution < 1.29 is 82.4 Å². The van der Waals surface area contributed by atoms with Gasteiger partial charge in [0.25, 0.3) is 0 Å². The van der Waals surface area contributed by atoms with Crippen LogP contribution in [0.4, 0.5) is 0 Å². The highest BCUT2D eigenvalue weighted by molar-refractivity contribution is 8.76. The number of aromatic hydroxyl groups is 1. The number of hydrogen-bond acceptors (Lipinski definition) is 19. The van der Waals surface area contributed by atoms with Gasteiger partial charge in [0.1, 0.15) is 60.1 Å². The molecule has 1 aromatic heterocycles. The molecule has 2 fully saturated rings. The zero-order chi connectivity index (χ0) is 78.4. The fraction of sp³-hybridized carbons (Fsp3) is 0.493. The van der Waals surface area contributed by atoms with E-state index >= 15 is 4.79 Å². The number of nitrogens with one attached hydrogen (secondary N) is 11. The molecule has 2 heterocycles. The number of amides is 12. The summed E-state index contributed by atoms with van der Waals surface area (Å²) in [7, 11) is 1.67. The number of benzene rings is 3. The summed E-state index contributed by atoms with van der Waals surface area (Å²) in [6.07, 6.45) is 0.113. The Bertz CT molecular complexity index is 3860. The third-order valence-electron chi connectivity index (χ3n) is 17.5. The number of halogens is 2. The largest absolute Gasteiger partial charge is 0.508 e. The number of H-pyrrole nitrogens is 1. The first-order valence-corrected chi connectivity index (χ1v) is 37.9. The summed E-state index contributed by atoms with van der Waals surface area (Å²) in [4.78, 5) is 205. The van der Waals surface area contributed by atoms with E-state index in [2.05, 4.69) is 63.1 Å². The van der Waals surface area contributed by atoms with E-state index < -0.39 is 194 Å². The Balaban J connectivity index is 1.42. The number of guanidine groups is 1. The molecule has 22 N–H and O–H groups in total. The molecule has 12 amide bonds. The van der Waals surface area contributed by atoms with E-state index in [1.54, 1.807) is 44.3 Å². The molecule has 0 radical (unpaired) electrons. The molecule has 3 aromatic carbocycles. The number of aliphatic imine (C=N–C) groups is 1. The number of nitrogens with two attached hydrogens (primary N) is 4. The maximum absolute atomic E-state index is 15.1. The lowest BCUT2D eigenvalue weighted by molar-refractivity contribution is -0.139. The summed E-state index contributed by atoms with van der Waals surface area (Å²) >= 11 is 13.1. The molecule has 1 aliphatic heterocycles. The highest BCUT2D eigenvalue weighted by atomic mass is 35.5. The van der Waals surface area contributed by atoms with Gasteiger partial charge in [-0.2, -0.15) is 0 Å². The van der Waals surface area contributed by atoms with Crippen LogP contribution in [-0.4, -0.2) is 212 Å². The van der Waals surface area contributed by atoms with Gasteiger partial charge in [-0.1, -0.05) is 114 Å². The summed E-state index contributed by atoms with van der Waals surface area (Å²) < 4.78 is 0. The second-order valence-corrected chi connectivity index (χ2v) is 29.4. The van der Waals surface area contributed by atoms with Crippen LogP contribution >= 0.6 is 44.8 Å². The number of phenolic OH excluding ortho intramolecular Hbond substituents is 1. The number of nitrogens with zero attached hydrogens (tertiary/aromatic N) is 2. The van der Waals surface area contributed by atoms with Crippen molar-refractivity contribution in [1.29, 1.82) is 0 Å². The lowest BCUT2D eigenvalue weighted by atomic mass is 10.00. The van der Waals surface area contributed by atoms with Gasteiger partial charge in [0.05, 0.1) is 16.6 Å². The highest BCUT2D eigenvalue weighted by Crippen LogP contribution is 2.29. The van der Waals surface area contributed by atoms with Crippen LogP contribution < -0.4 is 76.1 Å². The first-order valence-electron chi connectivity index (χ1n) is 34.7. The second kappa shape index (κ2) is 43.0.